The van der Waals surface area contributed by atoms with E-state index in [4.69, 9.17) is 0 Å². The minimum absolute atomic E-state index is 0.0255. The molecule has 0 spiro atoms. The van der Waals surface area contributed by atoms with Crippen molar-refractivity contribution in [1.82, 2.24) is 0 Å². The molecule has 0 aromatic heterocycles. The minimum Gasteiger partial charge on any atom is -0.312 e. The van der Waals surface area contributed by atoms with Crippen LogP contribution in [-0.2, 0) is 14.8 Å². The molecule has 1 aliphatic rings. The van der Waals surface area contributed by atoms with Crippen LogP contribution >= 0.6 is 0 Å². The van der Waals surface area contributed by atoms with E-state index in [2.05, 4.69) is 18.6 Å². The SMILES string of the molecule is CC(=O)N1CC(C(C)C)c2cc(S(=O)(=O)Nc3ccccc3)ccc21. The molecular formula is C19H22N2O3S. The van der Waals surface area contributed by atoms with E-state index in [9.17, 15) is 13.2 Å². The van der Waals surface area contributed by atoms with E-state index >= 15 is 0 Å². The molecule has 1 amide bonds. The summed E-state index contributed by atoms with van der Waals surface area (Å²) >= 11 is 0. The number of carbonyl (C=O) groups excluding carboxylic acids is 1. The summed E-state index contributed by atoms with van der Waals surface area (Å²) in [6.07, 6.45) is 0. The van der Waals surface area contributed by atoms with Crippen LogP contribution in [0.15, 0.2) is 53.4 Å². The molecule has 0 bridgehead atoms. The van der Waals surface area contributed by atoms with Crippen LogP contribution in [0.4, 0.5) is 11.4 Å². The fraction of sp³-hybridized carbons (Fsp3) is 0.316. The normalized spacial score (nSPS) is 16.8. The lowest BCUT2D eigenvalue weighted by molar-refractivity contribution is -0.116. The van der Waals surface area contributed by atoms with Crippen LogP contribution in [0.1, 0.15) is 32.3 Å². The van der Waals surface area contributed by atoms with Gasteiger partial charge in [-0.25, -0.2) is 8.42 Å². The van der Waals surface area contributed by atoms with Gasteiger partial charge < -0.3 is 4.90 Å². The van der Waals surface area contributed by atoms with E-state index in [1.165, 1.54) is 6.92 Å². The molecule has 0 fully saturated rings. The number of carbonyl (C=O) groups is 1. The number of hydrogen-bond donors (Lipinski definition) is 1. The van der Waals surface area contributed by atoms with Gasteiger partial charge in [-0.15, -0.1) is 0 Å². The molecular weight excluding hydrogens is 336 g/mol. The number of rotatable bonds is 4. The lowest BCUT2D eigenvalue weighted by Gasteiger charge is -2.17. The summed E-state index contributed by atoms with van der Waals surface area (Å²) in [5.74, 6) is 0.413. The molecule has 1 unspecified atom stereocenters. The maximum Gasteiger partial charge on any atom is 0.261 e. The smallest absolute Gasteiger partial charge is 0.261 e. The van der Waals surface area contributed by atoms with E-state index in [0.717, 1.165) is 11.3 Å². The third kappa shape index (κ3) is 3.39. The molecule has 1 atom stereocenters. The van der Waals surface area contributed by atoms with Crippen molar-refractivity contribution in [2.45, 2.75) is 31.6 Å². The van der Waals surface area contributed by atoms with Crippen molar-refractivity contribution in [1.29, 1.82) is 0 Å². The lowest BCUT2D eigenvalue weighted by atomic mass is 9.90. The van der Waals surface area contributed by atoms with Crippen LogP contribution in [0.2, 0.25) is 0 Å². The Bertz CT molecular complexity index is 892. The van der Waals surface area contributed by atoms with Gasteiger partial charge in [0.05, 0.1) is 4.90 Å². The summed E-state index contributed by atoms with van der Waals surface area (Å²) in [6.45, 7) is 6.30. The summed E-state index contributed by atoms with van der Waals surface area (Å²) in [6, 6.07) is 13.8. The fourth-order valence-electron chi connectivity index (χ4n) is 3.22. The molecule has 0 saturated carbocycles. The van der Waals surface area contributed by atoms with Gasteiger partial charge >= 0.3 is 0 Å². The maximum absolute atomic E-state index is 12.7. The molecule has 6 heteroatoms. The van der Waals surface area contributed by atoms with Crippen molar-refractivity contribution < 1.29 is 13.2 Å². The number of nitrogens with one attached hydrogen (secondary N) is 1. The first kappa shape index (κ1) is 17.5. The molecule has 1 aliphatic heterocycles. The highest BCUT2D eigenvalue weighted by atomic mass is 32.2. The third-order valence-electron chi connectivity index (χ3n) is 4.59. The number of para-hydroxylation sites is 1. The van der Waals surface area contributed by atoms with Gasteiger partial charge in [-0.2, -0.15) is 0 Å². The van der Waals surface area contributed by atoms with Crippen molar-refractivity contribution in [3.8, 4) is 0 Å². The van der Waals surface area contributed by atoms with E-state index in [1.54, 1.807) is 47.4 Å². The molecule has 25 heavy (non-hydrogen) atoms. The number of benzene rings is 2. The largest absolute Gasteiger partial charge is 0.312 e. The van der Waals surface area contributed by atoms with Crippen molar-refractivity contribution in [2.75, 3.05) is 16.2 Å². The zero-order chi connectivity index (χ0) is 18.2. The van der Waals surface area contributed by atoms with E-state index in [0.29, 0.717) is 18.2 Å². The average Bonchev–Trinajstić information content (AvgIpc) is 2.94. The van der Waals surface area contributed by atoms with E-state index in [1.807, 2.05) is 6.07 Å². The van der Waals surface area contributed by atoms with Crippen LogP contribution in [0, 0.1) is 5.92 Å². The van der Waals surface area contributed by atoms with E-state index < -0.39 is 10.0 Å². The Balaban J connectivity index is 2.00. The lowest BCUT2D eigenvalue weighted by Crippen LogP contribution is -2.27. The van der Waals surface area contributed by atoms with Gasteiger partial charge in [-0.1, -0.05) is 32.0 Å². The second kappa shape index (κ2) is 6.52. The zero-order valence-electron chi connectivity index (χ0n) is 14.6. The third-order valence-corrected chi connectivity index (χ3v) is 5.97. The summed E-state index contributed by atoms with van der Waals surface area (Å²) in [5, 5.41) is 0. The Morgan fingerprint density at radius 1 is 1.16 bits per heavy atom. The number of amides is 1. The molecule has 5 nitrogen and oxygen atoms in total. The molecule has 1 heterocycles. The highest BCUT2D eigenvalue weighted by Crippen LogP contribution is 2.41. The highest BCUT2D eigenvalue weighted by Gasteiger charge is 2.33. The van der Waals surface area contributed by atoms with Gasteiger partial charge in [0, 0.05) is 30.8 Å². The van der Waals surface area contributed by atoms with E-state index in [-0.39, 0.29) is 16.7 Å². The quantitative estimate of drug-likeness (QED) is 0.908. The molecule has 0 aliphatic carbocycles. The standard InChI is InChI=1S/C19H22N2O3S/c1-13(2)18-12-21(14(3)22)19-10-9-16(11-17(18)19)25(23,24)20-15-7-5-4-6-8-15/h4-11,13,18,20H,12H2,1-3H3. The topological polar surface area (TPSA) is 66.5 Å². The first-order chi connectivity index (χ1) is 11.8. The monoisotopic (exact) mass is 358 g/mol. The second-order valence-corrected chi connectivity index (χ2v) is 8.35. The minimum atomic E-state index is -3.68. The summed E-state index contributed by atoms with van der Waals surface area (Å²) in [7, 11) is -3.68. The number of fused-ring (bicyclic) bond motifs is 1. The van der Waals surface area contributed by atoms with Crippen LogP contribution in [0.25, 0.3) is 0 Å². The first-order valence-corrected chi connectivity index (χ1v) is 9.78. The Labute approximate surface area is 148 Å². The molecule has 0 radical (unpaired) electrons. The predicted octanol–water partition coefficient (Wildman–Crippen LogP) is 3.59. The molecule has 132 valence electrons. The van der Waals surface area contributed by atoms with Crippen molar-refractivity contribution in [3.63, 3.8) is 0 Å². The Morgan fingerprint density at radius 3 is 2.44 bits per heavy atom. The van der Waals surface area contributed by atoms with Crippen molar-refractivity contribution >= 4 is 27.3 Å². The van der Waals surface area contributed by atoms with Crippen molar-refractivity contribution in [3.05, 3.63) is 54.1 Å². The molecule has 0 saturated heterocycles. The molecule has 3 rings (SSSR count). The van der Waals surface area contributed by atoms with Crippen LogP contribution in [-0.4, -0.2) is 20.9 Å². The van der Waals surface area contributed by atoms with Gasteiger partial charge in [0.1, 0.15) is 0 Å². The van der Waals surface area contributed by atoms with Gasteiger partial charge in [-0.05, 0) is 41.8 Å². The predicted molar refractivity (Wildman–Crippen MR) is 99.3 cm³/mol. The van der Waals surface area contributed by atoms with Gasteiger partial charge in [-0.3, -0.25) is 9.52 Å². The van der Waals surface area contributed by atoms with Crippen LogP contribution in [0.5, 0.6) is 0 Å². The average molecular weight is 358 g/mol. The Kier molecular flexibility index (Phi) is 4.56. The maximum atomic E-state index is 12.7. The van der Waals surface area contributed by atoms with Crippen LogP contribution in [0.3, 0.4) is 0 Å². The van der Waals surface area contributed by atoms with Gasteiger partial charge in [0.2, 0.25) is 5.91 Å². The fourth-order valence-corrected chi connectivity index (χ4v) is 4.32. The number of sulfonamides is 1. The number of hydrogen-bond acceptors (Lipinski definition) is 3. The molecule has 1 N–H and O–H groups in total. The second-order valence-electron chi connectivity index (χ2n) is 6.67. The van der Waals surface area contributed by atoms with Gasteiger partial charge in [0.25, 0.3) is 10.0 Å². The summed E-state index contributed by atoms with van der Waals surface area (Å²) in [5.41, 5.74) is 2.25. The Morgan fingerprint density at radius 2 is 1.84 bits per heavy atom. The summed E-state index contributed by atoms with van der Waals surface area (Å²) in [4.78, 5) is 13.8. The number of anilines is 2. The molecule has 2 aromatic carbocycles. The Hall–Kier alpha value is -2.34. The first-order valence-electron chi connectivity index (χ1n) is 8.29. The number of nitrogens with zero attached hydrogens (tertiary/aromatic N) is 1. The highest BCUT2D eigenvalue weighted by molar-refractivity contribution is 7.92. The zero-order valence-corrected chi connectivity index (χ0v) is 15.4. The van der Waals surface area contributed by atoms with Crippen LogP contribution < -0.4 is 9.62 Å². The van der Waals surface area contributed by atoms with Gasteiger partial charge in [0.15, 0.2) is 0 Å². The molecule has 2 aromatic rings. The summed E-state index contributed by atoms with van der Waals surface area (Å²) < 4.78 is 28.0. The van der Waals surface area contributed by atoms with Crippen molar-refractivity contribution in [2.24, 2.45) is 5.92 Å².